The van der Waals surface area contributed by atoms with Gasteiger partial charge in [0.05, 0.1) is 19.6 Å². The second kappa shape index (κ2) is 10.4. The summed E-state index contributed by atoms with van der Waals surface area (Å²) in [6.45, 7) is 10.4. The average Bonchev–Trinajstić information content (AvgIpc) is 2.63. The van der Waals surface area contributed by atoms with Crippen molar-refractivity contribution in [2.24, 2.45) is 5.73 Å². The number of methoxy groups -OCH3 is 2. The molecule has 0 heterocycles. The van der Waals surface area contributed by atoms with Gasteiger partial charge in [0.25, 0.3) is 0 Å². The fourth-order valence-corrected chi connectivity index (χ4v) is 3.35. The van der Waals surface area contributed by atoms with E-state index in [1.807, 2.05) is 19.9 Å². The summed E-state index contributed by atoms with van der Waals surface area (Å²) in [5.74, 6) is 1.96. The second-order valence-electron chi connectivity index (χ2n) is 5.84. The van der Waals surface area contributed by atoms with E-state index < -0.39 is 0 Å². The highest BCUT2D eigenvalue weighted by Gasteiger charge is 2.19. The van der Waals surface area contributed by atoms with Gasteiger partial charge in [-0.25, -0.2) is 0 Å². The van der Waals surface area contributed by atoms with Crippen LogP contribution in [0, 0.1) is 6.92 Å². The predicted molar refractivity (Wildman–Crippen MR) is 109 cm³/mol. The standard InChI is InChI=1S/C19H25NO2S.C2H6/c1-12(2)15-10-16(18(22-5)11-17(15)21-4)19(20)23-14-8-6-13(3)7-9-14;1-2/h6-12,19H,20H2,1-5H3;1-2H3. The van der Waals surface area contributed by atoms with Gasteiger partial charge in [-0.3, -0.25) is 0 Å². The molecule has 1 atom stereocenters. The van der Waals surface area contributed by atoms with Crippen LogP contribution in [0.1, 0.15) is 55.7 Å². The molecule has 2 aromatic rings. The van der Waals surface area contributed by atoms with E-state index in [1.54, 1.807) is 26.0 Å². The maximum absolute atomic E-state index is 6.44. The summed E-state index contributed by atoms with van der Waals surface area (Å²) >= 11 is 1.63. The summed E-state index contributed by atoms with van der Waals surface area (Å²) in [4.78, 5) is 1.15. The van der Waals surface area contributed by atoms with Gasteiger partial charge >= 0.3 is 0 Å². The predicted octanol–water partition coefficient (Wildman–Crippen LogP) is 5.91. The fourth-order valence-electron chi connectivity index (χ4n) is 2.45. The Morgan fingerprint density at radius 3 is 1.88 bits per heavy atom. The SMILES string of the molecule is CC.COc1cc(OC)c(C(N)Sc2ccc(C)cc2)cc1C(C)C. The lowest BCUT2D eigenvalue weighted by molar-refractivity contribution is 0.386. The number of benzene rings is 2. The van der Waals surface area contributed by atoms with Gasteiger partial charge in [-0.15, -0.1) is 11.8 Å². The lowest BCUT2D eigenvalue weighted by Gasteiger charge is -2.20. The third kappa shape index (κ3) is 5.68. The van der Waals surface area contributed by atoms with Crippen LogP contribution in [0.5, 0.6) is 11.5 Å². The Hall–Kier alpha value is -1.65. The van der Waals surface area contributed by atoms with Gasteiger partial charge in [-0.2, -0.15) is 0 Å². The van der Waals surface area contributed by atoms with E-state index >= 15 is 0 Å². The molecule has 2 rings (SSSR count). The van der Waals surface area contributed by atoms with Crippen LogP contribution in [0.2, 0.25) is 0 Å². The third-order valence-electron chi connectivity index (χ3n) is 3.79. The van der Waals surface area contributed by atoms with Gasteiger partial charge < -0.3 is 15.2 Å². The van der Waals surface area contributed by atoms with Crippen LogP contribution in [0.25, 0.3) is 0 Å². The molecule has 0 aliphatic rings. The van der Waals surface area contributed by atoms with E-state index in [1.165, 1.54) is 5.56 Å². The fraction of sp³-hybridized carbons (Fsp3) is 0.429. The molecular weight excluding hydrogens is 330 g/mol. The summed E-state index contributed by atoms with van der Waals surface area (Å²) in [5.41, 5.74) is 9.82. The molecule has 2 aromatic carbocycles. The second-order valence-corrected chi connectivity index (χ2v) is 7.06. The molecule has 0 aliphatic carbocycles. The molecule has 0 saturated heterocycles. The quantitative estimate of drug-likeness (QED) is 0.513. The summed E-state index contributed by atoms with van der Waals surface area (Å²) in [5, 5.41) is -0.198. The maximum atomic E-state index is 6.44. The Morgan fingerprint density at radius 1 is 0.880 bits per heavy atom. The van der Waals surface area contributed by atoms with Crippen LogP contribution in [0.4, 0.5) is 0 Å². The van der Waals surface area contributed by atoms with Crippen LogP contribution in [0.3, 0.4) is 0 Å². The van der Waals surface area contributed by atoms with Gasteiger partial charge in [0, 0.05) is 16.5 Å². The number of nitrogens with two attached hydrogens (primary N) is 1. The highest BCUT2D eigenvalue weighted by molar-refractivity contribution is 7.99. The Balaban J connectivity index is 0.00000151. The van der Waals surface area contributed by atoms with Crippen molar-refractivity contribution in [3.63, 3.8) is 0 Å². The Kier molecular flexibility index (Phi) is 8.87. The Bertz CT molecular complexity index is 654. The topological polar surface area (TPSA) is 44.5 Å². The normalized spacial score (nSPS) is 11.6. The number of ether oxygens (including phenoxy) is 2. The molecule has 25 heavy (non-hydrogen) atoms. The minimum Gasteiger partial charge on any atom is -0.496 e. The summed E-state index contributed by atoms with van der Waals surface area (Å²) in [7, 11) is 3.35. The number of hydrogen-bond donors (Lipinski definition) is 1. The van der Waals surface area contributed by atoms with Crippen LogP contribution >= 0.6 is 11.8 Å². The molecule has 0 aliphatic heterocycles. The number of rotatable bonds is 6. The zero-order chi connectivity index (χ0) is 19.0. The van der Waals surface area contributed by atoms with E-state index in [2.05, 4.69) is 51.1 Å². The van der Waals surface area contributed by atoms with Crippen molar-refractivity contribution in [3.05, 3.63) is 53.1 Å². The molecule has 138 valence electrons. The Morgan fingerprint density at radius 2 is 1.40 bits per heavy atom. The summed E-state index contributed by atoms with van der Waals surface area (Å²) in [6.07, 6.45) is 0. The molecule has 0 amide bonds. The molecule has 3 nitrogen and oxygen atoms in total. The van der Waals surface area contributed by atoms with Crippen LogP contribution in [-0.2, 0) is 0 Å². The number of aryl methyl sites for hydroxylation is 1. The molecule has 0 aromatic heterocycles. The molecule has 2 N–H and O–H groups in total. The molecular formula is C21H31NO2S. The van der Waals surface area contributed by atoms with Crippen molar-refractivity contribution in [2.45, 2.75) is 50.8 Å². The molecule has 1 unspecified atom stereocenters. The monoisotopic (exact) mass is 361 g/mol. The largest absolute Gasteiger partial charge is 0.496 e. The highest BCUT2D eigenvalue weighted by atomic mass is 32.2. The minimum atomic E-state index is -0.198. The zero-order valence-electron chi connectivity index (χ0n) is 16.4. The molecule has 0 saturated carbocycles. The van der Waals surface area contributed by atoms with E-state index in [4.69, 9.17) is 15.2 Å². The van der Waals surface area contributed by atoms with Gasteiger partial charge in [-0.1, -0.05) is 45.4 Å². The molecule has 0 spiro atoms. The van der Waals surface area contributed by atoms with E-state index in [0.717, 1.165) is 27.5 Å². The smallest absolute Gasteiger partial charge is 0.128 e. The number of thioether (sulfide) groups is 1. The van der Waals surface area contributed by atoms with Crippen LogP contribution in [-0.4, -0.2) is 14.2 Å². The lowest BCUT2D eigenvalue weighted by atomic mass is 9.98. The first-order valence-corrected chi connectivity index (χ1v) is 9.59. The van der Waals surface area contributed by atoms with Gasteiger partial charge in [0.15, 0.2) is 0 Å². The van der Waals surface area contributed by atoms with Gasteiger partial charge in [0.2, 0.25) is 0 Å². The first-order chi connectivity index (χ1) is 12.0. The van der Waals surface area contributed by atoms with Crippen molar-refractivity contribution in [3.8, 4) is 11.5 Å². The van der Waals surface area contributed by atoms with E-state index in [9.17, 15) is 0 Å². The van der Waals surface area contributed by atoms with Gasteiger partial charge in [-0.05, 0) is 36.6 Å². The van der Waals surface area contributed by atoms with Crippen LogP contribution in [0.15, 0.2) is 41.3 Å². The molecule has 4 heteroatoms. The molecule has 0 bridgehead atoms. The third-order valence-corrected chi connectivity index (χ3v) is 4.85. The minimum absolute atomic E-state index is 0.198. The summed E-state index contributed by atoms with van der Waals surface area (Å²) < 4.78 is 11.0. The highest BCUT2D eigenvalue weighted by Crippen LogP contribution is 2.40. The van der Waals surface area contributed by atoms with E-state index in [0.29, 0.717) is 5.92 Å². The molecule has 0 fully saturated rings. The zero-order valence-corrected chi connectivity index (χ0v) is 17.2. The Labute approximate surface area is 156 Å². The lowest BCUT2D eigenvalue weighted by Crippen LogP contribution is -2.09. The van der Waals surface area contributed by atoms with E-state index in [-0.39, 0.29) is 5.37 Å². The first-order valence-electron chi connectivity index (χ1n) is 8.71. The van der Waals surface area contributed by atoms with Crippen molar-refractivity contribution in [1.82, 2.24) is 0 Å². The van der Waals surface area contributed by atoms with Crippen LogP contribution < -0.4 is 15.2 Å². The van der Waals surface area contributed by atoms with Crippen molar-refractivity contribution in [2.75, 3.05) is 14.2 Å². The average molecular weight is 362 g/mol. The molecule has 0 radical (unpaired) electrons. The van der Waals surface area contributed by atoms with Crippen molar-refractivity contribution in [1.29, 1.82) is 0 Å². The van der Waals surface area contributed by atoms with Crippen molar-refractivity contribution < 1.29 is 9.47 Å². The number of hydrogen-bond acceptors (Lipinski definition) is 4. The maximum Gasteiger partial charge on any atom is 0.128 e. The first kappa shape index (κ1) is 21.4. The van der Waals surface area contributed by atoms with Crippen molar-refractivity contribution >= 4 is 11.8 Å². The van der Waals surface area contributed by atoms with Gasteiger partial charge in [0.1, 0.15) is 11.5 Å². The summed E-state index contributed by atoms with van der Waals surface area (Å²) in [6, 6.07) is 12.4.